The minimum Gasteiger partial charge on any atom is -0.493 e. The van der Waals surface area contributed by atoms with E-state index >= 15 is 0 Å². The van der Waals surface area contributed by atoms with E-state index in [1.165, 1.54) is 11.8 Å². The van der Waals surface area contributed by atoms with Crippen molar-refractivity contribution in [2.75, 3.05) is 12.4 Å². The molecule has 0 saturated carbocycles. The lowest BCUT2D eigenvalue weighted by molar-refractivity contribution is 0.344. The van der Waals surface area contributed by atoms with Gasteiger partial charge in [-0.05, 0) is 67.4 Å². The number of hydrogen-bond acceptors (Lipinski definition) is 6. The second kappa shape index (κ2) is 9.04. The number of nitriles is 1. The average molecular weight is 468 g/mol. The Morgan fingerprint density at radius 3 is 2.62 bits per heavy atom. The molecule has 0 aliphatic carbocycles. The molecule has 8 heteroatoms. The van der Waals surface area contributed by atoms with Gasteiger partial charge in [-0.25, -0.2) is 4.57 Å². The van der Waals surface area contributed by atoms with Gasteiger partial charge in [-0.2, -0.15) is 5.26 Å². The van der Waals surface area contributed by atoms with Crippen molar-refractivity contribution in [3.63, 3.8) is 0 Å². The number of aryl methyl sites for hydroxylation is 2. The molecule has 2 aromatic heterocycles. The summed E-state index contributed by atoms with van der Waals surface area (Å²) in [6.07, 6.45) is 0. The van der Waals surface area contributed by atoms with Gasteiger partial charge in [-0.15, -0.1) is 10.2 Å². The first kappa shape index (κ1) is 21.7. The number of hydrogen-bond donors (Lipinski definition) is 0. The highest BCUT2D eigenvalue weighted by molar-refractivity contribution is 7.99. The molecule has 0 spiro atoms. The fourth-order valence-electron chi connectivity index (χ4n) is 3.87. The van der Waals surface area contributed by atoms with Gasteiger partial charge in [0.1, 0.15) is 5.75 Å². The van der Waals surface area contributed by atoms with Crippen molar-refractivity contribution in [3.05, 3.63) is 93.8 Å². The molecule has 0 radical (unpaired) electrons. The fraction of sp³-hybridized carbons (Fsp3) is 0.154. The number of benzene rings is 3. The number of fused-ring (bicyclic) bond motifs is 3. The third-order valence-electron chi connectivity index (χ3n) is 5.57. The zero-order valence-corrected chi connectivity index (χ0v) is 19.5. The van der Waals surface area contributed by atoms with Crippen molar-refractivity contribution in [2.24, 2.45) is 0 Å². The second-order valence-electron chi connectivity index (χ2n) is 7.90. The van der Waals surface area contributed by atoms with E-state index in [1.807, 2.05) is 60.7 Å². The van der Waals surface area contributed by atoms with E-state index in [4.69, 9.17) is 10.00 Å². The first-order valence-corrected chi connectivity index (χ1v) is 11.8. The quantitative estimate of drug-likeness (QED) is 0.266. The molecule has 0 saturated heterocycles. The number of aromatic nitrogens is 4. The second-order valence-corrected chi connectivity index (χ2v) is 8.96. The molecule has 2 heterocycles. The molecule has 168 valence electrons. The van der Waals surface area contributed by atoms with Crippen molar-refractivity contribution in [1.29, 1.82) is 5.26 Å². The molecule has 7 nitrogen and oxygen atoms in total. The Bertz CT molecular complexity index is 1610. The predicted octanol–water partition coefficient (Wildman–Crippen LogP) is 4.69. The number of nitrogens with zero attached hydrogens (tertiary/aromatic N) is 5. The van der Waals surface area contributed by atoms with Crippen LogP contribution in [0.15, 0.2) is 76.7 Å². The van der Waals surface area contributed by atoms with E-state index < -0.39 is 0 Å². The number of ether oxygens (including phenoxy) is 1. The molecule has 0 N–H and O–H groups in total. The maximum absolute atomic E-state index is 13.5. The van der Waals surface area contributed by atoms with Crippen LogP contribution in [0.5, 0.6) is 5.75 Å². The van der Waals surface area contributed by atoms with E-state index in [-0.39, 0.29) is 5.56 Å². The lowest BCUT2D eigenvalue weighted by Crippen LogP contribution is -2.22. The molecular formula is C26H21N5O2S. The Balaban J connectivity index is 1.51. The summed E-state index contributed by atoms with van der Waals surface area (Å²) in [5.41, 5.74) is 4.09. The molecule has 5 aromatic rings. The topological polar surface area (TPSA) is 85.2 Å². The van der Waals surface area contributed by atoms with Crippen LogP contribution in [0.1, 0.15) is 16.7 Å². The van der Waals surface area contributed by atoms with Gasteiger partial charge < -0.3 is 4.74 Å². The zero-order chi connectivity index (χ0) is 23.7. The minimum atomic E-state index is -0.120. The highest BCUT2D eigenvalue weighted by Crippen LogP contribution is 2.25. The summed E-state index contributed by atoms with van der Waals surface area (Å²) >= 11 is 1.51. The minimum absolute atomic E-state index is 0.120. The summed E-state index contributed by atoms with van der Waals surface area (Å²) < 4.78 is 9.38. The van der Waals surface area contributed by atoms with Gasteiger partial charge in [0, 0.05) is 5.75 Å². The van der Waals surface area contributed by atoms with Crippen molar-refractivity contribution < 1.29 is 4.74 Å². The maximum Gasteiger partial charge on any atom is 0.267 e. The lowest BCUT2D eigenvalue weighted by Gasteiger charge is -2.14. The molecule has 0 aliphatic rings. The van der Waals surface area contributed by atoms with Crippen molar-refractivity contribution in [2.45, 2.75) is 19.0 Å². The Kier molecular flexibility index (Phi) is 5.78. The zero-order valence-electron chi connectivity index (χ0n) is 18.7. The summed E-state index contributed by atoms with van der Waals surface area (Å²) in [6.45, 7) is 4.45. The number of para-hydroxylation sites is 1. The molecule has 0 atom stereocenters. The van der Waals surface area contributed by atoms with Crippen LogP contribution in [0, 0.1) is 25.2 Å². The van der Waals surface area contributed by atoms with E-state index in [1.54, 1.807) is 28.8 Å². The monoisotopic (exact) mass is 467 g/mol. The molecule has 3 aromatic carbocycles. The van der Waals surface area contributed by atoms with Crippen LogP contribution in [0.3, 0.4) is 0 Å². The Morgan fingerprint density at radius 1 is 1.03 bits per heavy atom. The SMILES string of the molecule is Cc1ccc(C)c(-n2c(=O)c3ccccc3n3c(SCCOc4ccc(C#N)cc4)nnc23)c1. The summed E-state index contributed by atoms with van der Waals surface area (Å²) in [7, 11) is 0. The van der Waals surface area contributed by atoms with Crippen LogP contribution < -0.4 is 10.3 Å². The largest absolute Gasteiger partial charge is 0.493 e. The Morgan fingerprint density at radius 2 is 1.82 bits per heavy atom. The van der Waals surface area contributed by atoms with Crippen molar-refractivity contribution in [1.82, 2.24) is 19.2 Å². The molecule has 5 rings (SSSR count). The van der Waals surface area contributed by atoms with E-state index in [0.717, 1.165) is 22.3 Å². The smallest absolute Gasteiger partial charge is 0.267 e. The van der Waals surface area contributed by atoms with Crippen LogP contribution in [-0.2, 0) is 0 Å². The van der Waals surface area contributed by atoms with Gasteiger partial charge in [0.2, 0.25) is 5.78 Å². The molecular weight excluding hydrogens is 446 g/mol. The number of rotatable bonds is 6. The molecule has 34 heavy (non-hydrogen) atoms. The first-order chi connectivity index (χ1) is 16.6. The van der Waals surface area contributed by atoms with Crippen LogP contribution in [0.2, 0.25) is 0 Å². The van der Waals surface area contributed by atoms with Gasteiger partial charge in [0.15, 0.2) is 5.16 Å². The van der Waals surface area contributed by atoms with Crippen LogP contribution >= 0.6 is 11.8 Å². The molecule has 0 fully saturated rings. The lowest BCUT2D eigenvalue weighted by atomic mass is 10.1. The van der Waals surface area contributed by atoms with Gasteiger partial charge in [-0.1, -0.05) is 36.0 Å². The average Bonchev–Trinajstić information content (AvgIpc) is 3.28. The van der Waals surface area contributed by atoms with E-state index in [0.29, 0.717) is 40.0 Å². The highest BCUT2D eigenvalue weighted by atomic mass is 32.2. The highest BCUT2D eigenvalue weighted by Gasteiger charge is 2.19. The van der Waals surface area contributed by atoms with Crippen LogP contribution in [0.25, 0.3) is 22.4 Å². The predicted molar refractivity (Wildman–Crippen MR) is 133 cm³/mol. The third-order valence-corrected chi connectivity index (χ3v) is 6.46. The number of thioether (sulfide) groups is 1. The van der Waals surface area contributed by atoms with E-state index in [2.05, 4.69) is 16.3 Å². The van der Waals surface area contributed by atoms with Crippen LogP contribution in [-0.4, -0.2) is 31.5 Å². The molecule has 0 amide bonds. The summed E-state index contributed by atoms with van der Waals surface area (Å²) in [5.74, 6) is 1.82. The maximum atomic E-state index is 13.5. The summed E-state index contributed by atoms with van der Waals surface area (Å²) in [4.78, 5) is 13.5. The summed E-state index contributed by atoms with van der Waals surface area (Å²) in [6, 6.07) is 22.7. The normalized spacial score (nSPS) is 11.1. The molecule has 0 unspecified atom stereocenters. The first-order valence-electron chi connectivity index (χ1n) is 10.8. The van der Waals surface area contributed by atoms with Gasteiger partial charge >= 0.3 is 0 Å². The Labute approximate surface area is 200 Å². The summed E-state index contributed by atoms with van der Waals surface area (Å²) in [5, 5.41) is 19.0. The third kappa shape index (κ3) is 3.91. The standard InChI is InChI=1S/C26H21N5O2S/c1-17-7-8-18(2)23(15-17)30-24(32)21-5-3-4-6-22(21)31-25(30)28-29-26(31)34-14-13-33-20-11-9-19(16-27)10-12-20/h3-12,15H,13-14H2,1-2H3. The van der Waals surface area contributed by atoms with Gasteiger partial charge in [0.05, 0.1) is 34.8 Å². The van der Waals surface area contributed by atoms with Gasteiger partial charge in [0.25, 0.3) is 5.56 Å². The van der Waals surface area contributed by atoms with Crippen LogP contribution in [0.4, 0.5) is 0 Å². The Hall–Kier alpha value is -4.09. The van der Waals surface area contributed by atoms with Crippen molar-refractivity contribution >= 4 is 28.4 Å². The molecule has 0 bridgehead atoms. The van der Waals surface area contributed by atoms with Crippen molar-refractivity contribution in [3.8, 4) is 17.5 Å². The van der Waals surface area contributed by atoms with E-state index in [9.17, 15) is 4.79 Å². The fourth-order valence-corrected chi connectivity index (χ4v) is 4.62. The molecule has 0 aliphatic heterocycles. The van der Waals surface area contributed by atoms with Gasteiger partial charge in [-0.3, -0.25) is 9.20 Å².